The number of benzene rings is 2. The highest BCUT2D eigenvalue weighted by molar-refractivity contribution is 7.09. The lowest BCUT2D eigenvalue weighted by Gasteiger charge is -2.28. The van der Waals surface area contributed by atoms with Crippen molar-refractivity contribution < 1.29 is 26.3 Å². The Balaban J connectivity index is 2.43. The van der Waals surface area contributed by atoms with Gasteiger partial charge in [0.1, 0.15) is 0 Å². The first kappa shape index (κ1) is 34.9. The monoisotopic (exact) mass is 596 g/mol. The summed E-state index contributed by atoms with van der Waals surface area (Å²) < 4.78 is 80.2. The molecule has 0 N–H and O–H groups in total. The molecule has 0 heterocycles. The van der Waals surface area contributed by atoms with Crippen LogP contribution in [0.3, 0.4) is 0 Å². The largest absolute Gasteiger partial charge is 0.416 e. The van der Waals surface area contributed by atoms with Crippen molar-refractivity contribution in [2.24, 2.45) is 0 Å². The van der Waals surface area contributed by atoms with E-state index in [2.05, 4.69) is 37.4 Å². The highest BCUT2D eigenvalue weighted by Crippen LogP contribution is 2.30. The van der Waals surface area contributed by atoms with E-state index in [4.69, 9.17) is 0 Å². The Morgan fingerprint density at radius 2 is 0.805 bits per heavy atom. The van der Waals surface area contributed by atoms with Gasteiger partial charge in [0.05, 0.1) is 11.1 Å². The summed E-state index contributed by atoms with van der Waals surface area (Å²) >= 11 is 0. The van der Waals surface area contributed by atoms with E-state index in [1.54, 1.807) is 0 Å². The number of halogens is 6. The molecule has 0 aliphatic carbocycles. The zero-order valence-electron chi connectivity index (χ0n) is 24.6. The molecule has 0 aliphatic heterocycles. The molecule has 0 bridgehead atoms. The van der Waals surface area contributed by atoms with E-state index in [0.29, 0.717) is 0 Å². The first-order valence-electron chi connectivity index (χ1n) is 15.3. The van der Waals surface area contributed by atoms with Crippen LogP contribution in [-0.4, -0.2) is 8.07 Å². The maximum atomic E-state index is 13.4. The molecule has 0 aromatic heterocycles. The van der Waals surface area contributed by atoms with Gasteiger partial charge in [0, 0.05) is 0 Å². The van der Waals surface area contributed by atoms with Gasteiger partial charge in [-0.25, -0.2) is 0 Å². The van der Waals surface area contributed by atoms with E-state index in [9.17, 15) is 26.3 Å². The molecule has 2 aromatic rings. The number of hydrogen-bond acceptors (Lipinski definition) is 0. The van der Waals surface area contributed by atoms with E-state index in [1.165, 1.54) is 75.6 Å². The Morgan fingerprint density at radius 3 is 1.12 bits per heavy atom. The molecular formula is C34H46F6Si. The Morgan fingerprint density at radius 1 is 0.488 bits per heavy atom. The van der Waals surface area contributed by atoms with E-state index in [0.717, 1.165) is 73.2 Å². The van der Waals surface area contributed by atoms with Crippen molar-refractivity contribution in [1.29, 1.82) is 0 Å². The number of unbranched alkanes of at least 4 members (excludes halogenated alkanes) is 12. The fourth-order valence-electron chi connectivity index (χ4n) is 5.10. The molecule has 7 heteroatoms. The first-order valence-corrected chi connectivity index (χ1v) is 17.4. The molecule has 0 saturated carbocycles. The minimum absolute atomic E-state index is 0.726. The van der Waals surface area contributed by atoms with Crippen molar-refractivity contribution in [2.75, 3.05) is 0 Å². The van der Waals surface area contributed by atoms with Crippen molar-refractivity contribution >= 4 is 18.4 Å². The minimum Gasteiger partial charge on any atom is -0.166 e. The van der Waals surface area contributed by atoms with Crippen LogP contribution in [0.5, 0.6) is 0 Å². The third-order valence-corrected chi connectivity index (χ3v) is 11.7. The molecule has 0 unspecified atom stereocenters. The molecular weight excluding hydrogens is 550 g/mol. The van der Waals surface area contributed by atoms with Crippen LogP contribution < -0.4 is 10.4 Å². The lowest BCUT2D eigenvalue weighted by atomic mass is 10.1. The fourth-order valence-corrected chi connectivity index (χ4v) is 8.83. The Kier molecular flexibility index (Phi) is 15.0. The van der Waals surface area contributed by atoms with E-state index >= 15 is 0 Å². The lowest BCUT2D eigenvalue weighted by molar-refractivity contribution is -0.138. The maximum absolute atomic E-state index is 13.4. The van der Waals surface area contributed by atoms with E-state index < -0.39 is 31.6 Å². The van der Waals surface area contributed by atoms with Crippen molar-refractivity contribution in [2.45, 2.75) is 116 Å². The fraction of sp³-hybridized carbons (Fsp3) is 0.529. The van der Waals surface area contributed by atoms with Crippen LogP contribution in [-0.2, 0) is 12.4 Å². The average Bonchev–Trinajstić information content (AvgIpc) is 2.94. The molecule has 0 nitrogen and oxygen atoms in total. The Hall–Kier alpha value is -2.28. The minimum atomic E-state index is -4.46. The molecule has 0 fully saturated rings. The summed E-state index contributed by atoms with van der Waals surface area (Å²) in [5, 5.41) is 1.45. The molecule has 2 rings (SSSR count). The van der Waals surface area contributed by atoms with Gasteiger partial charge in [0.25, 0.3) is 0 Å². The van der Waals surface area contributed by atoms with E-state index in [-0.39, 0.29) is 0 Å². The second kappa shape index (κ2) is 17.6. The molecule has 0 saturated heterocycles. The summed E-state index contributed by atoms with van der Waals surface area (Å²) in [4.78, 5) is 0. The van der Waals surface area contributed by atoms with Gasteiger partial charge < -0.3 is 0 Å². The number of alkyl halides is 6. The predicted octanol–water partition coefficient (Wildman–Crippen LogP) is 11.0. The zero-order valence-corrected chi connectivity index (χ0v) is 25.6. The summed E-state index contributed by atoms with van der Waals surface area (Å²) in [5.41, 5.74) is 2.73. The van der Waals surface area contributed by atoms with Crippen LogP contribution in [0, 0.1) is 0 Å². The molecule has 0 atom stereocenters. The SMILES string of the molecule is CCCCCCCC/C=C/[Si](/C=C/CCCCCCCC)(c1ccc(C(F)(F)F)cc1)c1ccc(C(F)(F)F)cc1. The summed E-state index contributed by atoms with van der Waals surface area (Å²) in [6, 6.07) is 10.4. The highest BCUT2D eigenvalue weighted by atomic mass is 28.3. The summed E-state index contributed by atoms with van der Waals surface area (Å²) in [5.74, 6) is 0. The molecule has 0 spiro atoms. The van der Waals surface area contributed by atoms with Gasteiger partial charge in [-0.3, -0.25) is 0 Å². The van der Waals surface area contributed by atoms with Crippen LogP contribution in [0.1, 0.15) is 115 Å². The van der Waals surface area contributed by atoms with Crippen LogP contribution in [0.4, 0.5) is 26.3 Å². The topological polar surface area (TPSA) is 0 Å². The van der Waals surface area contributed by atoms with Gasteiger partial charge in [0.15, 0.2) is 8.07 Å². The van der Waals surface area contributed by atoms with Crippen molar-refractivity contribution in [1.82, 2.24) is 0 Å². The smallest absolute Gasteiger partial charge is 0.166 e. The van der Waals surface area contributed by atoms with Crippen LogP contribution in [0.15, 0.2) is 72.1 Å². The van der Waals surface area contributed by atoms with Crippen molar-refractivity contribution in [3.8, 4) is 0 Å². The summed E-state index contributed by atoms with van der Waals surface area (Å²) in [6.45, 7) is 4.35. The maximum Gasteiger partial charge on any atom is 0.416 e. The molecule has 228 valence electrons. The molecule has 2 aromatic carbocycles. The molecule has 41 heavy (non-hydrogen) atoms. The quantitative estimate of drug-likeness (QED) is 0.0912. The Bertz CT molecular complexity index is 947. The Labute approximate surface area is 244 Å². The van der Waals surface area contributed by atoms with Gasteiger partial charge >= 0.3 is 12.4 Å². The second-order valence-electron chi connectivity index (χ2n) is 10.9. The predicted molar refractivity (Wildman–Crippen MR) is 162 cm³/mol. The van der Waals surface area contributed by atoms with Crippen LogP contribution in [0.2, 0.25) is 0 Å². The zero-order chi connectivity index (χ0) is 30.2. The molecule has 0 aliphatic rings. The van der Waals surface area contributed by atoms with Crippen LogP contribution >= 0.6 is 0 Å². The average molecular weight is 597 g/mol. The first-order chi connectivity index (χ1) is 19.5. The highest BCUT2D eigenvalue weighted by Gasteiger charge is 2.36. The second-order valence-corrected chi connectivity index (χ2v) is 14.5. The van der Waals surface area contributed by atoms with Gasteiger partial charge in [-0.1, -0.05) is 150 Å². The third-order valence-electron chi connectivity index (χ3n) is 7.59. The summed E-state index contributed by atoms with van der Waals surface area (Å²) in [7, 11) is -2.97. The van der Waals surface area contributed by atoms with Gasteiger partial charge in [-0.15, -0.1) is 0 Å². The lowest BCUT2D eigenvalue weighted by Crippen LogP contribution is -2.56. The summed E-state index contributed by atoms with van der Waals surface area (Å²) in [6.07, 6.45) is 10.7. The van der Waals surface area contributed by atoms with E-state index in [1.807, 2.05) is 0 Å². The molecule has 0 radical (unpaired) electrons. The molecule has 0 amide bonds. The number of rotatable bonds is 18. The number of allylic oxidation sites excluding steroid dienone is 2. The van der Waals surface area contributed by atoms with Crippen molar-refractivity contribution in [3.63, 3.8) is 0 Å². The normalized spacial score (nSPS) is 13.1. The number of hydrogen-bond donors (Lipinski definition) is 0. The third kappa shape index (κ3) is 11.9. The van der Waals surface area contributed by atoms with Gasteiger partial charge in [-0.2, -0.15) is 26.3 Å². The van der Waals surface area contributed by atoms with Crippen molar-refractivity contribution in [3.05, 3.63) is 83.2 Å². The van der Waals surface area contributed by atoms with Gasteiger partial charge in [-0.05, 0) is 36.1 Å². The van der Waals surface area contributed by atoms with Gasteiger partial charge in [0.2, 0.25) is 0 Å². The standard InChI is InChI=1S/C34H46F6Si/c1-3-5-7-9-11-13-15-17-27-41(28-18-16-14-12-10-8-6-4-2,31-23-19-29(20-24-31)33(35,36)37)32-25-21-30(22-26-32)34(38,39)40/h17-28H,3-16H2,1-2H3/b27-17+,28-18+. The van der Waals surface area contributed by atoms with Crippen LogP contribution in [0.25, 0.3) is 0 Å².